The van der Waals surface area contributed by atoms with Crippen LogP contribution in [0.3, 0.4) is 0 Å². The first-order chi connectivity index (χ1) is 23.0. The number of carbonyl (C=O) groups is 1. The summed E-state index contributed by atoms with van der Waals surface area (Å²) < 4.78 is 103. The van der Waals surface area contributed by atoms with Crippen molar-refractivity contribution in [2.75, 3.05) is 58.0 Å². The second-order valence-corrected chi connectivity index (χ2v) is 12.3. The molecule has 0 bridgehead atoms. The molecule has 266 valence electrons. The maximum atomic E-state index is 16.3. The minimum absolute atomic E-state index is 0.00661. The van der Waals surface area contributed by atoms with Gasteiger partial charge in [0.15, 0.2) is 10.9 Å². The summed E-state index contributed by atoms with van der Waals surface area (Å²) in [7, 11) is 4.55. The van der Waals surface area contributed by atoms with Gasteiger partial charge in [0.2, 0.25) is 5.91 Å². The highest BCUT2D eigenvalue weighted by Gasteiger charge is 2.39. The van der Waals surface area contributed by atoms with Gasteiger partial charge in [0.05, 0.1) is 29.4 Å². The van der Waals surface area contributed by atoms with Gasteiger partial charge in [0.25, 0.3) is 5.92 Å². The van der Waals surface area contributed by atoms with Gasteiger partial charge in [-0.25, -0.2) is 22.5 Å². The van der Waals surface area contributed by atoms with E-state index in [2.05, 4.69) is 21.5 Å². The van der Waals surface area contributed by atoms with Gasteiger partial charge in [-0.15, -0.1) is 0 Å². The molecule has 2 saturated heterocycles. The molecule has 2 fully saturated rings. The Bertz CT molecular complexity index is 1850. The number of nitrogens with two attached hydrogens (primary N) is 1. The van der Waals surface area contributed by atoms with Crippen molar-refractivity contribution in [2.24, 2.45) is 0 Å². The maximum absolute atomic E-state index is 16.3. The fraction of sp³-hybridized carbons (Fsp3) is 0.438. The van der Waals surface area contributed by atoms with Gasteiger partial charge in [0, 0.05) is 55.7 Å². The van der Waals surface area contributed by atoms with Gasteiger partial charge in [-0.2, -0.15) is 23.1 Å². The van der Waals surface area contributed by atoms with Crippen molar-refractivity contribution in [3.8, 4) is 17.1 Å². The number of carbonyl (C=O) groups excluding carboxylic acids is 1. The monoisotopic (exact) mass is 715 g/mol. The van der Waals surface area contributed by atoms with E-state index in [9.17, 15) is 31.1 Å². The summed E-state index contributed by atoms with van der Waals surface area (Å²) in [5.74, 6) is -4.74. The summed E-state index contributed by atoms with van der Waals surface area (Å²) in [4.78, 5) is 29.1. The molecule has 2 aliphatic heterocycles. The highest BCUT2D eigenvalue weighted by molar-refractivity contribution is 7.22. The van der Waals surface area contributed by atoms with Crippen LogP contribution in [0.4, 0.5) is 41.7 Å². The molecule has 2 aliphatic rings. The van der Waals surface area contributed by atoms with E-state index < -0.39 is 40.4 Å². The number of nitrogen functional groups attached to an aromatic ring is 1. The average molecular weight is 716 g/mol. The summed E-state index contributed by atoms with van der Waals surface area (Å²) in [6.07, 6.45) is -3.30. The Kier molecular flexibility index (Phi) is 11.3. The van der Waals surface area contributed by atoms with E-state index in [1.807, 2.05) is 13.8 Å². The quantitative estimate of drug-likeness (QED) is 0.174. The Morgan fingerprint density at radius 3 is 2.41 bits per heavy atom. The van der Waals surface area contributed by atoms with Gasteiger partial charge < -0.3 is 25.2 Å². The van der Waals surface area contributed by atoms with Crippen LogP contribution >= 0.6 is 11.3 Å². The summed E-state index contributed by atoms with van der Waals surface area (Å²) in [5, 5.41) is -0.295. The van der Waals surface area contributed by atoms with Crippen molar-refractivity contribution in [3.63, 3.8) is 0 Å². The fourth-order valence-corrected chi connectivity index (χ4v) is 6.46. The number of methoxy groups -OCH3 is 1. The number of aromatic nitrogens is 3. The standard InChI is InChI=1S/C25H21F5N6O2S.C5H9F2N.C2H6/c1-4-16(37)36-8-7-11(10-36)35(2)22-13-9-14(25(28,29)30)17(18(27)19(13)33-24(34-22)38-3)12-5-6-15(26)21-20(12)32-23(31)39-21;1-8-3-2-5(6,7)4-8;1-2/h4-6,9,11H,1,7-8,10H2,2-3H3,(H2,31,32);2-4H2,1H3;1-2H3. The number of hydrogen-bond donors (Lipinski definition) is 1. The van der Waals surface area contributed by atoms with Crippen LogP contribution in [0.5, 0.6) is 6.01 Å². The van der Waals surface area contributed by atoms with Crippen molar-refractivity contribution in [3.05, 3.63) is 48.1 Å². The lowest BCUT2D eigenvalue weighted by atomic mass is 9.95. The third-order valence-corrected chi connectivity index (χ3v) is 8.94. The van der Waals surface area contributed by atoms with Crippen LogP contribution < -0.4 is 15.4 Å². The molecule has 0 radical (unpaired) electrons. The van der Waals surface area contributed by atoms with Crippen molar-refractivity contribution in [1.82, 2.24) is 24.8 Å². The van der Waals surface area contributed by atoms with Crippen LogP contribution in [0.1, 0.15) is 32.3 Å². The third kappa shape index (κ3) is 7.82. The van der Waals surface area contributed by atoms with E-state index in [-0.39, 0.29) is 69.6 Å². The van der Waals surface area contributed by atoms with E-state index >= 15 is 4.39 Å². The SMILES string of the molecule is C=CC(=O)N1CCC(N(C)c2nc(OC)nc3c(F)c(-c4ccc(F)c5sc(N)nc45)c(C(F)(F)F)cc23)C1.CC.CN1CCC(F)(F)C1. The van der Waals surface area contributed by atoms with Crippen LogP contribution in [-0.4, -0.2) is 90.0 Å². The average Bonchev–Trinajstić information content (AvgIpc) is 3.79. The molecule has 1 unspecified atom stereocenters. The van der Waals surface area contributed by atoms with E-state index in [1.165, 1.54) is 13.2 Å². The number of ether oxygens (including phenoxy) is 1. The van der Waals surface area contributed by atoms with Crippen LogP contribution in [0.2, 0.25) is 0 Å². The number of anilines is 2. The highest BCUT2D eigenvalue weighted by Crippen LogP contribution is 2.46. The summed E-state index contributed by atoms with van der Waals surface area (Å²) in [6, 6.07) is 2.14. The summed E-state index contributed by atoms with van der Waals surface area (Å²) >= 11 is 0.742. The number of alkyl halides is 5. The first kappa shape index (κ1) is 37.6. The lowest BCUT2D eigenvalue weighted by molar-refractivity contribution is -0.137. The number of nitrogens with zero attached hydrogens (tertiary/aromatic N) is 6. The molecule has 4 aromatic rings. The number of halogens is 7. The molecule has 1 atom stereocenters. The molecule has 4 heterocycles. The van der Waals surface area contributed by atoms with Gasteiger partial charge >= 0.3 is 12.2 Å². The Labute approximate surface area is 282 Å². The van der Waals surface area contributed by atoms with Gasteiger partial charge in [-0.3, -0.25) is 4.79 Å². The zero-order chi connectivity index (χ0) is 36.4. The molecule has 6 rings (SSSR count). The van der Waals surface area contributed by atoms with E-state index in [1.54, 1.807) is 28.8 Å². The van der Waals surface area contributed by atoms with E-state index in [0.29, 0.717) is 19.5 Å². The number of thiazole rings is 1. The van der Waals surface area contributed by atoms with Gasteiger partial charge in [-0.05, 0) is 37.7 Å². The molecule has 0 saturated carbocycles. The minimum Gasteiger partial charge on any atom is -0.467 e. The number of likely N-dealkylation sites (tertiary alicyclic amines) is 2. The Hall–Kier alpha value is -4.25. The second kappa shape index (κ2) is 14.7. The molecular weight excluding hydrogens is 679 g/mol. The van der Waals surface area contributed by atoms with Crippen molar-refractivity contribution < 1.29 is 40.3 Å². The molecule has 2 aromatic heterocycles. The number of amides is 1. The minimum atomic E-state index is -5.01. The van der Waals surface area contributed by atoms with Crippen LogP contribution in [0, 0.1) is 11.6 Å². The zero-order valence-electron chi connectivity index (χ0n) is 27.5. The predicted octanol–water partition coefficient (Wildman–Crippen LogP) is 7.00. The number of benzene rings is 2. The van der Waals surface area contributed by atoms with E-state index in [0.717, 1.165) is 29.5 Å². The molecule has 49 heavy (non-hydrogen) atoms. The molecule has 2 aromatic carbocycles. The molecule has 0 spiro atoms. The second-order valence-electron chi connectivity index (χ2n) is 11.3. The zero-order valence-corrected chi connectivity index (χ0v) is 28.3. The smallest absolute Gasteiger partial charge is 0.417 e. The first-order valence-electron chi connectivity index (χ1n) is 15.3. The molecule has 9 nitrogen and oxygen atoms in total. The number of fused-ring (bicyclic) bond motifs is 2. The summed E-state index contributed by atoms with van der Waals surface area (Å²) in [6.45, 7) is 8.62. The molecular formula is C32H36F7N7O2S. The third-order valence-electron chi connectivity index (χ3n) is 8.05. The largest absolute Gasteiger partial charge is 0.467 e. The van der Waals surface area contributed by atoms with Gasteiger partial charge in [-0.1, -0.05) is 31.8 Å². The lowest BCUT2D eigenvalue weighted by Crippen LogP contribution is -2.36. The van der Waals surface area contributed by atoms with Crippen LogP contribution in [0.25, 0.3) is 32.2 Å². The Balaban J connectivity index is 0.000000470. The van der Waals surface area contributed by atoms with Gasteiger partial charge in [0.1, 0.15) is 17.2 Å². The Morgan fingerprint density at radius 1 is 1.16 bits per heavy atom. The van der Waals surface area contributed by atoms with Crippen molar-refractivity contribution in [2.45, 2.75) is 44.8 Å². The highest BCUT2D eigenvalue weighted by atomic mass is 32.1. The van der Waals surface area contributed by atoms with E-state index in [4.69, 9.17) is 10.5 Å². The van der Waals surface area contributed by atoms with Crippen LogP contribution in [-0.2, 0) is 11.0 Å². The molecule has 0 aliphatic carbocycles. The summed E-state index contributed by atoms with van der Waals surface area (Å²) in [5.41, 5.74) is 2.63. The fourth-order valence-electron chi connectivity index (χ4n) is 5.70. The first-order valence-corrected chi connectivity index (χ1v) is 16.1. The predicted molar refractivity (Wildman–Crippen MR) is 176 cm³/mol. The van der Waals surface area contributed by atoms with Crippen molar-refractivity contribution in [1.29, 1.82) is 0 Å². The normalized spacial score (nSPS) is 17.4. The number of hydrogen-bond acceptors (Lipinski definition) is 9. The maximum Gasteiger partial charge on any atom is 0.417 e. The molecule has 1 amide bonds. The topological polar surface area (TPSA) is 101 Å². The Morgan fingerprint density at radius 2 is 1.86 bits per heavy atom. The van der Waals surface area contributed by atoms with Crippen LogP contribution in [0.15, 0.2) is 30.9 Å². The number of rotatable bonds is 5. The van der Waals surface area contributed by atoms with Crippen molar-refractivity contribution >= 4 is 49.3 Å². The molecule has 2 N–H and O–H groups in total. The number of likely N-dealkylation sites (N-methyl/N-ethyl adjacent to an activating group) is 1. The lowest BCUT2D eigenvalue weighted by Gasteiger charge is -2.27. The molecule has 17 heteroatoms.